The van der Waals surface area contributed by atoms with Crippen molar-refractivity contribution >= 4 is 33.7 Å². The van der Waals surface area contributed by atoms with Gasteiger partial charge in [-0.3, -0.25) is 4.79 Å². The van der Waals surface area contributed by atoms with Crippen molar-refractivity contribution in [2.75, 3.05) is 25.2 Å². The number of hydrogen-bond acceptors (Lipinski definition) is 4. The Hall–Kier alpha value is 0.260. The molecule has 0 spiro atoms. The minimum atomic E-state index is -0.249. The molecule has 14 heavy (non-hydrogen) atoms. The topological polar surface area (TPSA) is 38.3 Å². The molecule has 0 radical (unpaired) electrons. The number of nitrogens with one attached hydrogen (secondary N) is 1. The molecule has 3 nitrogen and oxygen atoms in total. The largest absolute Gasteiger partial charge is 0.468 e. The van der Waals surface area contributed by atoms with Crippen LogP contribution in [0.5, 0.6) is 0 Å². The first-order chi connectivity index (χ1) is 6.61. The number of carbonyl (C=O) groups excluding carboxylic acids is 1. The second kappa shape index (κ2) is 8.56. The van der Waals surface area contributed by atoms with E-state index in [0.717, 1.165) is 11.5 Å². The Bertz CT molecular complexity index is 169. The average Bonchev–Trinajstić information content (AvgIpc) is 2.21. The van der Waals surface area contributed by atoms with E-state index in [1.165, 1.54) is 7.11 Å². The zero-order valence-corrected chi connectivity index (χ0v) is 11.3. The SMILES string of the molecule is CCSCC(C)NCC(Br)C(=O)OC. The van der Waals surface area contributed by atoms with E-state index in [0.29, 0.717) is 12.6 Å². The van der Waals surface area contributed by atoms with Gasteiger partial charge in [0.1, 0.15) is 4.83 Å². The van der Waals surface area contributed by atoms with Crippen molar-refractivity contribution in [3.8, 4) is 0 Å². The average molecular weight is 284 g/mol. The number of thioether (sulfide) groups is 1. The van der Waals surface area contributed by atoms with E-state index in [1.54, 1.807) is 0 Å². The third kappa shape index (κ3) is 6.68. The fourth-order valence-electron chi connectivity index (χ4n) is 0.869. The summed E-state index contributed by atoms with van der Waals surface area (Å²) in [5, 5.41) is 3.26. The molecule has 0 aromatic rings. The van der Waals surface area contributed by atoms with Crippen molar-refractivity contribution in [1.29, 1.82) is 0 Å². The predicted octanol–water partition coefficient (Wildman–Crippen LogP) is 1.65. The number of hydrogen-bond donors (Lipinski definition) is 1. The van der Waals surface area contributed by atoms with Gasteiger partial charge in [0, 0.05) is 18.3 Å². The third-order valence-corrected chi connectivity index (χ3v) is 3.52. The van der Waals surface area contributed by atoms with Crippen LogP contribution in [0, 0.1) is 0 Å². The maximum Gasteiger partial charge on any atom is 0.320 e. The molecule has 2 unspecified atom stereocenters. The number of halogens is 1. The Labute approximate surface area is 98.5 Å². The van der Waals surface area contributed by atoms with Gasteiger partial charge in [0.2, 0.25) is 0 Å². The van der Waals surface area contributed by atoms with Crippen LogP contribution in [0.2, 0.25) is 0 Å². The Morgan fingerprint density at radius 2 is 2.29 bits per heavy atom. The maximum absolute atomic E-state index is 11.0. The molecular weight excluding hydrogens is 266 g/mol. The quantitative estimate of drug-likeness (QED) is 0.570. The molecule has 0 saturated carbocycles. The Morgan fingerprint density at radius 1 is 1.64 bits per heavy atom. The van der Waals surface area contributed by atoms with E-state index < -0.39 is 0 Å². The fourth-order valence-corrected chi connectivity index (χ4v) is 1.95. The second-order valence-electron chi connectivity index (χ2n) is 2.96. The molecule has 84 valence electrons. The van der Waals surface area contributed by atoms with Gasteiger partial charge in [-0.25, -0.2) is 0 Å². The van der Waals surface area contributed by atoms with Crippen LogP contribution in [0.4, 0.5) is 0 Å². The zero-order valence-electron chi connectivity index (χ0n) is 8.88. The molecule has 0 aromatic carbocycles. The molecule has 0 bridgehead atoms. The molecule has 5 heteroatoms. The highest BCUT2D eigenvalue weighted by atomic mass is 79.9. The van der Waals surface area contributed by atoms with Crippen molar-refractivity contribution in [2.24, 2.45) is 0 Å². The second-order valence-corrected chi connectivity index (χ2v) is 5.38. The van der Waals surface area contributed by atoms with Gasteiger partial charge in [-0.15, -0.1) is 0 Å². The van der Waals surface area contributed by atoms with Crippen LogP contribution in [0.15, 0.2) is 0 Å². The molecule has 0 heterocycles. The molecule has 0 rings (SSSR count). The summed E-state index contributed by atoms with van der Waals surface area (Å²) >= 11 is 5.14. The minimum absolute atomic E-state index is 0.229. The van der Waals surface area contributed by atoms with Gasteiger partial charge in [-0.2, -0.15) is 11.8 Å². The number of methoxy groups -OCH3 is 1. The number of carbonyl (C=O) groups is 1. The molecule has 0 aliphatic rings. The van der Waals surface area contributed by atoms with Gasteiger partial charge in [0.25, 0.3) is 0 Å². The monoisotopic (exact) mass is 283 g/mol. The lowest BCUT2D eigenvalue weighted by molar-refractivity contribution is -0.139. The van der Waals surface area contributed by atoms with E-state index in [-0.39, 0.29) is 10.8 Å². The molecule has 0 aliphatic heterocycles. The van der Waals surface area contributed by atoms with Crippen LogP contribution in [-0.2, 0) is 9.53 Å². The normalized spacial score (nSPS) is 14.9. The highest BCUT2D eigenvalue weighted by Gasteiger charge is 2.15. The molecule has 2 atom stereocenters. The van der Waals surface area contributed by atoms with E-state index in [2.05, 4.69) is 39.8 Å². The minimum Gasteiger partial charge on any atom is -0.468 e. The lowest BCUT2D eigenvalue weighted by Crippen LogP contribution is -2.36. The summed E-state index contributed by atoms with van der Waals surface area (Å²) in [5.41, 5.74) is 0. The van der Waals surface area contributed by atoms with Crippen molar-refractivity contribution in [3.63, 3.8) is 0 Å². The zero-order chi connectivity index (χ0) is 11.0. The van der Waals surface area contributed by atoms with Crippen LogP contribution in [0.3, 0.4) is 0 Å². The first-order valence-electron chi connectivity index (χ1n) is 4.64. The van der Waals surface area contributed by atoms with E-state index in [9.17, 15) is 4.79 Å². The van der Waals surface area contributed by atoms with Crippen molar-refractivity contribution in [1.82, 2.24) is 5.32 Å². The molecule has 1 N–H and O–H groups in total. The van der Waals surface area contributed by atoms with Crippen LogP contribution < -0.4 is 5.32 Å². The highest BCUT2D eigenvalue weighted by molar-refractivity contribution is 9.10. The third-order valence-electron chi connectivity index (χ3n) is 1.67. The van der Waals surface area contributed by atoms with Crippen LogP contribution in [-0.4, -0.2) is 42.0 Å². The Morgan fingerprint density at radius 3 is 2.79 bits per heavy atom. The lowest BCUT2D eigenvalue weighted by Gasteiger charge is -2.14. The van der Waals surface area contributed by atoms with Crippen molar-refractivity contribution in [2.45, 2.75) is 24.7 Å². The summed E-state index contributed by atoms with van der Waals surface area (Å²) in [6.45, 7) is 4.86. The van der Waals surface area contributed by atoms with Gasteiger partial charge in [-0.05, 0) is 12.7 Å². The van der Waals surface area contributed by atoms with Gasteiger partial charge in [0.05, 0.1) is 7.11 Å². The summed E-state index contributed by atoms with van der Waals surface area (Å²) < 4.78 is 4.59. The van der Waals surface area contributed by atoms with Gasteiger partial charge in [0.15, 0.2) is 0 Å². The summed E-state index contributed by atoms with van der Waals surface area (Å²) in [4.78, 5) is 10.8. The summed E-state index contributed by atoms with van der Waals surface area (Å²) in [5.74, 6) is 1.96. The highest BCUT2D eigenvalue weighted by Crippen LogP contribution is 2.04. The van der Waals surface area contributed by atoms with Crippen LogP contribution in [0.25, 0.3) is 0 Å². The van der Waals surface area contributed by atoms with Crippen molar-refractivity contribution in [3.05, 3.63) is 0 Å². The van der Waals surface area contributed by atoms with Gasteiger partial charge >= 0.3 is 5.97 Å². The molecule has 0 amide bonds. The summed E-state index contributed by atoms with van der Waals surface area (Å²) in [7, 11) is 1.40. The van der Waals surface area contributed by atoms with Gasteiger partial charge in [-0.1, -0.05) is 22.9 Å². The lowest BCUT2D eigenvalue weighted by atomic mass is 10.3. The molecule has 0 saturated heterocycles. The standard InChI is InChI=1S/C9H18BrNO2S/c1-4-14-6-7(2)11-5-8(10)9(12)13-3/h7-8,11H,4-6H2,1-3H3. The van der Waals surface area contributed by atoms with Crippen LogP contribution >= 0.6 is 27.7 Å². The van der Waals surface area contributed by atoms with Crippen LogP contribution in [0.1, 0.15) is 13.8 Å². The summed E-state index contributed by atoms with van der Waals surface area (Å²) in [6, 6.07) is 0.421. The first kappa shape index (κ1) is 14.3. The molecular formula is C9H18BrNO2S. The Kier molecular flexibility index (Phi) is 8.72. The number of esters is 1. The smallest absolute Gasteiger partial charge is 0.320 e. The van der Waals surface area contributed by atoms with E-state index in [4.69, 9.17) is 0 Å². The molecule has 0 aromatic heterocycles. The first-order valence-corrected chi connectivity index (χ1v) is 6.71. The van der Waals surface area contributed by atoms with E-state index >= 15 is 0 Å². The van der Waals surface area contributed by atoms with Crippen molar-refractivity contribution < 1.29 is 9.53 Å². The molecule has 0 aliphatic carbocycles. The number of alkyl halides is 1. The molecule has 0 fully saturated rings. The number of rotatable bonds is 7. The fraction of sp³-hybridized carbons (Fsp3) is 0.889. The number of ether oxygens (including phenoxy) is 1. The maximum atomic E-state index is 11.0. The Balaban J connectivity index is 3.55. The van der Waals surface area contributed by atoms with Gasteiger partial charge < -0.3 is 10.1 Å². The van der Waals surface area contributed by atoms with E-state index in [1.807, 2.05) is 11.8 Å². The predicted molar refractivity (Wildman–Crippen MR) is 65.2 cm³/mol. The summed E-state index contributed by atoms with van der Waals surface area (Å²) in [6.07, 6.45) is 0.